The molecule has 29 heteroatoms. The van der Waals surface area contributed by atoms with Gasteiger partial charge in [0.15, 0.2) is 40.1 Å². The molecule has 6 aliphatic heterocycles. The number of rotatable bonds is 4. The minimum atomic E-state index is -0.933. The van der Waals surface area contributed by atoms with Crippen LogP contribution < -0.4 is 43.4 Å². The first-order valence-corrected chi connectivity index (χ1v) is 28.1. The maximum atomic E-state index is 13.7. The summed E-state index contributed by atoms with van der Waals surface area (Å²) < 4.78 is 21.7. The van der Waals surface area contributed by atoms with Crippen molar-refractivity contribution in [3.63, 3.8) is 0 Å². The molecule has 6 aliphatic rings. The number of likely N-dealkylation sites (tertiary alicyclic amines) is 3. The summed E-state index contributed by atoms with van der Waals surface area (Å²) in [5.74, 6) is 0.963. The van der Waals surface area contributed by atoms with Crippen molar-refractivity contribution in [3.05, 3.63) is 96.6 Å². The molecule has 88 heavy (non-hydrogen) atoms. The quantitative estimate of drug-likeness (QED) is 0.141. The first-order chi connectivity index (χ1) is 41.6. The van der Waals surface area contributed by atoms with Crippen molar-refractivity contribution in [1.29, 1.82) is 0 Å². The van der Waals surface area contributed by atoms with Crippen LogP contribution in [0.2, 0.25) is 0 Å². The molecule has 0 radical (unpaired) electrons. The molecule has 3 aromatic carbocycles. The Morgan fingerprint density at radius 1 is 0.545 bits per heavy atom. The first-order valence-electron chi connectivity index (χ1n) is 28.1. The Morgan fingerprint density at radius 2 is 0.989 bits per heavy atom. The molecule has 9 aromatic rings. The Bertz CT molecular complexity index is 4410. The zero-order valence-electron chi connectivity index (χ0n) is 49.4. The maximum Gasteiger partial charge on any atom is 0.410 e. The highest BCUT2D eigenvalue weighted by atomic mass is 16.6. The summed E-state index contributed by atoms with van der Waals surface area (Å²) in [5.41, 5.74) is 36.3. The number of aromatic nitrogens is 9. The molecule has 0 aliphatic carbocycles. The number of carbonyl (C=O) groups is 5. The second-order valence-electron chi connectivity index (χ2n) is 25.2. The average Bonchev–Trinajstić information content (AvgIpc) is 1.57. The lowest BCUT2D eigenvalue weighted by atomic mass is 9.76. The van der Waals surface area contributed by atoms with Gasteiger partial charge in [-0.2, -0.15) is 9.97 Å². The monoisotopic (exact) mass is 1190 g/mol. The van der Waals surface area contributed by atoms with Crippen LogP contribution in [0.25, 0.3) is 33.3 Å². The number of fused-ring (bicyclic) bond motifs is 9. The lowest BCUT2D eigenvalue weighted by molar-refractivity contribution is -0.146. The third-order valence-corrected chi connectivity index (χ3v) is 16.4. The highest BCUT2D eigenvalue weighted by Gasteiger charge is 2.63. The number of carbonyl (C=O) groups excluding carboxylic acids is 5. The van der Waals surface area contributed by atoms with E-state index in [4.69, 9.17) is 46.7 Å². The fourth-order valence-electron chi connectivity index (χ4n) is 12.5. The van der Waals surface area contributed by atoms with Crippen molar-refractivity contribution in [2.24, 2.45) is 5.41 Å². The predicted molar refractivity (Wildman–Crippen MR) is 322 cm³/mol. The Kier molecular flexibility index (Phi) is 12.6. The van der Waals surface area contributed by atoms with Gasteiger partial charge in [-0.25, -0.2) is 39.7 Å². The zero-order chi connectivity index (χ0) is 62.3. The van der Waals surface area contributed by atoms with Crippen molar-refractivity contribution in [2.45, 2.75) is 83.7 Å². The number of nitrogens with two attached hydrogens (primary N) is 5. The van der Waals surface area contributed by atoms with Crippen LogP contribution in [-0.4, -0.2) is 141 Å². The Hall–Kier alpha value is -10.7. The fourth-order valence-corrected chi connectivity index (χ4v) is 12.5. The molecule has 0 saturated carbocycles. The molecule has 0 atom stereocenters. The Balaban J connectivity index is 0.000000122. The molecule has 29 nitrogen and oxygen atoms in total. The van der Waals surface area contributed by atoms with Crippen LogP contribution in [0.4, 0.5) is 68.4 Å². The van der Waals surface area contributed by atoms with Gasteiger partial charge in [-0.05, 0) is 80.8 Å². The molecular formula is C59H62N20O9. The number of oxazole rings is 3. The van der Waals surface area contributed by atoms with Gasteiger partial charge in [-0.3, -0.25) is 29.0 Å². The number of aryl methyl sites for hydroxylation is 1. The number of hydrogen-bond acceptors (Lipinski definition) is 24. The van der Waals surface area contributed by atoms with E-state index in [0.29, 0.717) is 105 Å². The highest BCUT2D eigenvalue weighted by molar-refractivity contribution is 6.17. The third-order valence-electron chi connectivity index (χ3n) is 16.4. The summed E-state index contributed by atoms with van der Waals surface area (Å²) in [6, 6.07) is 16.3. The maximum absolute atomic E-state index is 13.7. The lowest BCUT2D eigenvalue weighted by Gasteiger charge is -2.47. The van der Waals surface area contributed by atoms with Gasteiger partial charge in [0.2, 0.25) is 23.6 Å². The molecule has 452 valence electrons. The summed E-state index contributed by atoms with van der Waals surface area (Å²) >= 11 is 0. The van der Waals surface area contributed by atoms with E-state index < -0.39 is 16.4 Å². The molecule has 10 N–H and O–H groups in total. The third kappa shape index (κ3) is 9.13. The van der Waals surface area contributed by atoms with Gasteiger partial charge in [0.1, 0.15) is 69.0 Å². The number of benzene rings is 3. The summed E-state index contributed by atoms with van der Waals surface area (Å²) in [6.45, 7) is 17.6. The summed E-state index contributed by atoms with van der Waals surface area (Å²) in [6.07, 6.45) is 4.26. The molecule has 15 rings (SSSR count). The minimum Gasteiger partial charge on any atom is -0.444 e. The van der Waals surface area contributed by atoms with E-state index in [0.717, 1.165) is 17.1 Å². The fraction of sp³-hybridized carbons (Fsp3) is 0.356. The van der Waals surface area contributed by atoms with Crippen molar-refractivity contribution in [1.82, 2.24) is 59.6 Å². The molecule has 3 spiro atoms. The van der Waals surface area contributed by atoms with Crippen molar-refractivity contribution in [3.8, 4) is 0 Å². The van der Waals surface area contributed by atoms with Crippen LogP contribution in [0, 0.1) is 12.3 Å². The van der Waals surface area contributed by atoms with Crippen molar-refractivity contribution < 1.29 is 42.0 Å². The number of nitrogens with zero attached hydrogens (tertiary/aromatic N) is 15. The topological polar surface area (TPSA) is 400 Å². The molecule has 3 fully saturated rings. The predicted octanol–water partition coefficient (Wildman–Crippen LogP) is 5.69. The highest BCUT2D eigenvalue weighted by Crippen LogP contribution is 2.54. The van der Waals surface area contributed by atoms with E-state index in [1.165, 1.54) is 35.7 Å². The van der Waals surface area contributed by atoms with Crippen LogP contribution in [0.15, 0.2) is 86.8 Å². The summed E-state index contributed by atoms with van der Waals surface area (Å²) in [5, 5.41) is 0. The number of nitrogen functional groups attached to an aromatic ring is 5. The van der Waals surface area contributed by atoms with E-state index in [2.05, 4.69) is 49.8 Å². The molecule has 0 unspecified atom stereocenters. The molecular weight excluding hydrogens is 1130 g/mol. The zero-order valence-corrected chi connectivity index (χ0v) is 49.4. The van der Waals surface area contributed by atoms with E-state index >= 15 is 0 Å². The molecule has 5 amide bonds. The molecule has 0 bridgehead atoms. The van der Waals surface area contributed by atoms with Crippen molar-refractivity contribution >= 4 is 127 Å². The SMILES string of the molecule is CC(=O)N1CC2(C1)C(=O)N(c1ccc3oc(C)nc3c1)c1c(N)ncnc12.CC(C)(C)CC(=O)N1CC2(C1)C(=O)N(c1ccc3oc(N)nc3c1)c1c(N)ncnc12.CC(C)(C)OC(=O)N1CC2(C1)CN(c1ccc3oc(N)nc3c1)c1c(N)ncnc12. The standard InChI is InChI=1S/C21H23N7O3.C20H23N7O3.C18H16N6O3/c1-20(2,3)7-14(29)27-8-21(9-27)16-15(17(22)25-10-24-16)28(18(21)30)11-4-5-13-12(6-11)26-19(23)31-13;1-19(2,3)30-18(28)26-7-20(8-26)9-27(14-15(20)23-10-24-16(14)21)11-4-5-13-12(6-11)25-17(22)29-13;1-9-22-12-5-11(3-4-13(12)27-9)24-14-15(20-8-21-16(14)19)18(17(24)26)6-23(7-18)10(2)25/h4-6,10H,7-9H2,1-3H3,(H2,23,26)(H2,22,24,25);4-6,10H,7-9H2,1-3H3,(H2,22,25)(H2,21,23,24);3-5,8H,6-7H2,1-2H3,(H2,19,20,21). The number of hydrogen-bond donors (Lipinski definition) is 5. The van der Waals surface area contributed by atoms with Gasteiger partial charge in [0, 0.05) is 71.8 Å². The number of anilines is 11. The average molecular weight is 1200 g/mol. The second kappa shape index (κ2) is 19.7. The Morgan fingerprint density at radius 3 is 1.48 bits per heavy atom. The van der Waals surface area contributed by atoms with Crippen LogP contribution in [0.5, 0.6) is 0 Å². The lowest BCUT2D eigenvalue weighted by Crippen LogP contribution is -2.65. The van der Waals surface area contributed by atoms with E-state index in [-0.39, 0.29) is 90.4 Å². The van der Waals surface area contributed by atoms with E-state index in [1.54, 1.807) is 58.0 Å². The van der Waals surface area contributed by atoms with Gasteiger partial charge < -0.3 is 66.3 Å². The van der Waals surface area contributed by atoms with E-state index in [1.807, 2.05) is 59.7 Å². The second-order valence-corrected chi connectivity index (χ2v) is 25.2. The van der Waals surface area contributed by atoms with Crippen LogP contribution in [0.3, 0.4) is 0 Å². The number of amides is 5. The van der Waals surface area contributed by atoms with E-state index in [9.17, 15) is 24.0 Å². The number of ether oxygens (including phenoxy) is 1. The van der Waals surface area contributed by atoms with Crippen LogP contribution in [0.1, 0.15) is 77.9 Å². The molecule has 12 heterocycles. The Labute approximate surface area is 501 Å². The van der Waals surface area contributed by atoms with Gasteiger partial charge in [0.05, 0.1) is 33.9 Å². The van der Waals surface area contributed by atoms with Crippen LogP contribution in [-0.2, 0) is 40.2 Å². The smallest absolute Gasteiger partial charge is 0.410 e. The minimum absolute atomic E-state index is 0.0208. The molecule has 6 aromatic heterocycles. The van der Waals surface area contributed by atoms with Gasteiger partial charge in [-0.15, -0.1) is 0 Å². The van der Waals surface area contributed by atoms with Crippen LogP contribution >= 0.6 is 0 Å². The summed E-state index contributed by atoms with van der Waals surface area (Å²) in [7, 11) is 0. The van der Waals surface area contributed by atoms with Gasteiger partial charge in [0.25, 0.3) is 12.0 Å². The largest absolute Gasteiger partial charge is 0.444 e. The normalized spacial score (nSPS) is 17.4. The van der Waals surface area contributed by atoms with Crippen molar-refractivity contribution in [2.75, 3.05) is 89.2 Å². The van der Waals surface area contributed by atoms with Gasteiger partial charge in [-0.1, -0.05) is 20.8 Å². The summed E-state index contributed by atoms with van der Waals surface area (Å²) in [4.78, 5) is 112. The first kappa shape index (κ1) is 56.4. The van der Waals surface area contributed by atoms with Gasteiger partial charge >= 0.3 is 6.09 Å². The molecule has 3 saturated heterocycles.